The van der Waals surface area contributed by atoms with Crippen LogP contribution in [0.15, 0.2) is 29.6 Å². The number of hydrogen-bond donors (Lipinski definition) is 1. The third-order valence-corrected chi connectivity index (χ3v) is 1.47. The van der Waals surface area contributed by atoms with Crippen LogP contribution in [-0.4, -0.2) is 0 Å². The summed E-state index contributed by atoms with van der Waals surface area (Å²) in [6.07, 6.45) is 0. The quantitative estimate of drug-likeness (QED) is 0.527. The minimum atomic E-state index is 0.504. The third-order valence-electron chi connectivity index (χ3n) is 1.47. The van der Waals surface area contributed by atoms with Gasteiger partial charge in [0.25, 0.3) is 0 Å². The highest BCUT2D eigenvalue weighted by Gasteiger charge is 1.89. The largest absolute Gasteiger partial charge is 0.269 e. The van der Waals surface area contributed by atoms with Gasteiger partial charge < -0.3 is 0 Å². The monoisotopic (exact) mass is 150 g/mol. The summed E-state index contributed by atoms with van der Waals surface area (Å²) in [6, 6.07) is 7.94. The second-order valence-electron chi connectivity index (χ2n) is 2.41. The van der Waals surface area contributed by atoms with Crippen molar-refractivity contribution in [1.82, 2.24) is 5.43 Å². The minimum absolute atomic E-state index is 0.504. The number of nitrogens with one attached hydrogen (secondary N) is 1. The van der Waals surface area contributed by atoms with Gasteiger partial charge in [-0.3, -0.25) is 5.43 Å². The van der Waals surface area contributed by atoms with E-state index in [1.54, 1.807) is 0 Å². The van der Waals surface area contributed by atoms with E-state index in [1.165, 1.54) is 5.56 Å². The predicted octanol–water partition coefficient (Wildman–Crippen LogP) is 1.77. The molecule has 0 fully saturated rings. The number of hydrogen-bond acceptors (Lipinski definition) is 2. The lowest BCUT2D eigenvalue weighted by molar-refractivity contribution is 0.736. The first-order chi connectivity index (χ1) is 5.33. The van der Waals surface area contributed by atoms with Gasteiger partial charge in [0, 0.05) is 5.29 Å². The van der Waals surface area contributed by atoms with Gasteiger partial charge in [-0.1, -0.05) is 29.8 Å². The van der Waals surface area contributed by atoms with Gasteiger partial charge in [0.2, 0.25) is 0 Å². The molecular formula is C8H10N2O. The summed E-state index contributed by atoms with van der Waals surface area (Å²) in [6.45, 7) is 2.53. The molecule has 0 bridgehead atoms. The summed E-state index contributed by atoms with van der Waals surface area (Å²) in [5, 5.41) is 2.55. The van der Waals surface area contributed by atoms with E-state index in [-0.39, 0.29) is 0 Å². The number of nitroso groups, excluding NO2 is 1. The molecule has 0 saturated carbocycles. The molecular weight excluding hydrogens is 140 g/mol. The molecule has 58 valence electrons. The fourth-order valence-electron chi connectivity index (χ4n) is 0.829. The molecule has 1 N–H and O–H groups in total. The lowest BCUT2D eigenvalue weighted by atomic mass is 10.2. The second kappa shape index (κ2) is 3.71. The Labute approximate surface area is 65.4 Å². The fraction of sp³-hybridized carbons (Fsp3) is 0.250. The van der Waals surface area contributed by atoms with Crippen LogP contribution in [0.1, 0.15) is 11.1 Å². The van der Waals surface area contributed by atoms with Crippen LogP contribution >= 0.6 is 0 Å². The zero-order valence-electron chi connectivity index (χ0n) is 6.37. The molecule has 0 saturated heterocycles. The molecule has 1 rings (SSSR count). The maximum atomic E-state index is 9.68. The van der Waals surface area contributed by atoms with Crippen molar-refractivity contribution in [3.63, 3.8) is 0 Å². The van der Waals surface area contributed by atoms with Crippen LogP contribution in [-0.2, 0) is 6.54 Å². The predicted molar refractivity (Wildman–Crippen MR) is 43.8 cm³/mol. The maximum absolute atomic E-state index is 9.68. The Balaban J connectivity index is 2.58. The van der Waals surface area contributed by atoms with Crippen molar-refractivity contribution >= 4 is 0 Å². The fourth-order valence-corrected chi connectivity index (χ4v) is 0.829. The Morgan fingerprint density at radius 2 is 2.00 bits per heavy atom. The highest BCUT2D eigenvalue weighted by molar-refractivity contribution is 5.20. The van der Waals surface area contributed by atoms with Gasteiger partial charge in [0.05, 0.1) is 6.54 Å². The van der Waals surface area contributed by atoms with Gasteiger partial charge >= 0.3 is 0 Å². The first-order valence-electron chi connectivity index (χ1n) is 3.43. The molecule has 0 heterocycles. The molecule has 11 heavy (non-hydrogen) atoms. The molecule has 1 aromatic carbocycles. The van der Waals surface area contributed by atoms with E-state index >= 15 is 0 Å². The van der Waals surface area contributed by atoms with Crippen LogP contribution < -0.4 is 5.43 Å². The first kappa shape index (κ1) is 7.72. The van der Waals surface area contributed by atoms with Crippen molar-refractivity contribution in [2.75, 3.05) is 0 Å². The molecule has 0 spiro atoms. The normalized spacial score (nSPS) is 9.18. The van der Waals surface area contributed by atoms with Gasteiger partial charge in [0.1, 0.15) is 0 Å². The van der Waals surface area contributed by atoms with Gasteiger partial charge in [0.15, 0.2) is 0 Å². The third kappa shape index (κ3) is 2.37. The van der Waals surface area contributed by atoms with E-state index in [1.807, 2.05) is 31.2 Å². The lowest BCUT2D eigenvalue weighted by Crippen LogP contribution is -2.02. The van der Waals surface area contributed by atoms with Crippen LogP contribution in [0, 0.1) is 11.8 Å². The van der Waals surface area contributed by atoms with Gasteiger partial charge in [-0.05, 0) is 12.5 Å². The van der Waals surface area contributed by atoms with E-state index < -0.39 is 0 Å². The van der Waals surface area contributed by atoms with E-state index in [9.17, 15) is 4.91 Å². The van der Waals surface area contributed by atoms with E-state index in [0.29, 0.717) is 6.54 Å². The van der Waals surface area contributed by atoms with Gasteiger partial charge in [-0.25, -0.2) is 0 Å². The van der Waals surface area contributed by atoms with Crippen LogP contribution in [0.5, 0.6) is 0 Å². The molecule has 0 radical (unpaired) electrons. The summed E-state index contributed by atoms with van der Waals surface area (Å²) in [4.78, 5) is 9.68. The lowest BCUT2D eigenvalue weighted by Gasteiger charge is -1.97. The van der Waals surface area contributed by atoms with Crippen molar-refractivity contribution in [1.29, 1.82) is 0 Å². The molecule has 0 aliphatic heterocycles. The van der Waals surface area contributed by atoms with E-state index in [0.717, 1.165) is 5.56 Å². The molecule has 0 aliphatic carbocycles. The Bertz CT molecular complexity index is 230. The average molecular weight is 150 g/mol. The molecule has 0 amide bonds. The van der Waals surface area contributed by atoms with Crippen LogP contribution in [0.3, 0.4) is 0 Å². The van der Waals surface area contributed by atoms with Crippen molar-refractivity contribution in [2.24, 2.45) is 5.29 Å². The molecule has 3 nitrogen and oxygen atoms in total. The molecule has 0 aromatic heterocycles. The Morgan fingerprint density at radius 1 is 1.36 bits per heavy atom. The Morgan fingerprint density at radius 3 is 2.55 bits per heavy atom. The summed E-state index contributed by atoms with van der Waals surface area (Å²) in [7, 11) is 0. The van der Waals surface area contributed by atoms with Crippen molar-refractivity contribution < 1.29 is 0 Å². The molecule has 0 atom stereocenters. The average Bonchev–Trinajstić information content (AvgIpc) is 2.04. The van der Waals surface area contributed by atoms with Crippen LogP contribution in [0.25, 0.3) is 0 Å². The number of nitrogens with zero attached hydrogens (tertiary/aromatic N) is 1. The Kier molecular flexibility index (Phi) is 2.60. The van der Waals surface area contributed by atoms with Crippen molar-refractivity contribution in [2.45, 2.75) is 13.5 Å². The zero-order chi connectivity index (χ0) is 8.10. The Hall–Kier alpha value is -1.38. The topological polar surface area (TPSA) is 41.5 Å². The van der Waals surface area contributed by atoms with Crippen LogP contribution in [0.2, 0.25) is 0 Å². The first-order valence-corrected chi connectivity index (χ1v) is 3.43. The summed E-state index contributed by atoms with van der Waals surface area (Å²) in [5.74, 6) is 0. The van der Waals surface area contributed by atoms with Crippen molar-refractivity contribution in [3.05, 3.63) is 40.3 Å². The number of rotatable bonds is 3. The summed E-state index contributed by atoms with van der Waals surface area (Å²) < 4.78 is 0. The molecule has 0 aliphatic rings. The molecule has 1 aromatic rings. The highest BCUT2D eigenvalue weighted by atomic mass is 16.3. The standard InChI is InChI=1S/C8H10N2O/c1-7-2-4-8(5-3-7)6-9-10-11/h2-5H,6H2,1H3,(H,9,11). The van der Waals surface area contributed by atoms with E-state index in [2.05, 4.69) is 10.7 Å². The van der Waals surface area contributed by atoms with Gasteiger partial charge in [-0.15, -0.1) is 4.91 Å². The number of aryl methyl sites for hydroxylation is 1. The maximum Gasteiger partial charge on any atom is 0.0612 e. The minimum Gasteiger partial charge on any atom is -0.269 e. The molecule has 0 unspecified atom stereocenters. The number of benzene rings is 1. The second-order valence-corrected chi connectivity index (χ2v) is 2.41. The smallest absolute Gasteiger partial charge is 0.0612 e. The highest BCUT2D eigenvalue weighted by Crippen LogP contribution is 2.01. The van der Waals surface area contributed by atoms with E-state index in [4.69, 9.17) is 0 Å². The van der Waals surface area contributed by atoms with Crippen LogP contribution in [0.4, 0.5) is 0 Å². The van der Waals surface area contributed by atoms with Gasteiger partial charge in [-0.2, -0.15) is 0 Å². The summed E-state index contributed by atoms with van der Waals surface area (Å²) in [5.41, 5.74) is 4.63. The molecule has 3 heteroatoms. The zero-order valence-corrected chi connectivity index (χ0v) is 6.37. The SMILES string of the molecule is Cc1ccc(CNN=O)cc1. The summed E-state index contributed by atoms with van der Waals surface area (Å²) >= 11 is 0. The van der Waals surface area contributed by atoms with Crippen molar-refractivity contribution in [3.8, 4) is 0 Å².